The Hall–Kier alpha value is -2.95. The molecule has 0 N–H and O–H groups in total. The van der Waals surface area contributed by atoms with Crippen LogP contribution in [0, 0.1) is 5.92 Å². The van der Waals surface area contributed by atoms with Crippen molar-refractivity contribution in [2.24, 2.45) is 5.92 Å². The molecule has 2 aromatic rings. The Morgan fingerprint density at radius 2 is 1.17 bits per heavy atom. The zero-order valence-corrected chi connectivity index (χ0v) is 17.3. The summed E-state index contributed by atoms with van der Waals surface area (Å²) in [5.41, 5.74) is 1.24. The van der Waals surface area contributed by atoms with Gasteiger partial charge in [0, 0.05) is 17.9 Å². The molecule has 0 fully saturated rings. The number of ketones is 1. The molecular formula is C24H28O5. The van der Waals surface area contributed by atoms with Crippen LogP contribution in [0.3, 0.4) is 0 Å². The van der Waals surface area contributed by atoms with E-state index in [0.29, 0.717) is 11.1 Å². The largest absolute Gasteiger partial charge is 0.462 e. The molecule has 154 valence electrons. The van der Waals surface area contributed by atoms with E-state index in [1.807, 2.05) is 24.3 Å². The van der Waals surface area contributed by atoms with Crippen molar-refractivity contribution < 1.29 is 23.9 Å². The van der Waals surface area contributed by atoms with E-state index in [4.69, 9.17) is 9.47 Å². The molecule has 0 heterocycles. The van der Waals surface area contributed by atoms with Crippen LogP contribution in [0.1, 0.15) is 56.0 Å². The topological polar surface area (TPSA) is 69.7 Å². The second kappa shape index (κ2) is 10.6. The maximum absolute atomic E-state index is 12.9. The highest BCUT2D eigenvalue weighted by atomic mass is 16.6. The molecule has 5 heteroatoms. The van der Waals surface area contributed by atoms with Crippen LogP contribution in [0.25, 0.3) is 0 Å². The van der Waals surface area contributed by atoms with E-state index < -0.39 is 36.0 Å². The lowest BCUT2D eigenvalue weighted by molar-refractivity contribution is -0.167. The van der Waals surface area contributed by atoms with E-state index in [1.54, 1.807) is 64.1 Å². The molecule has 0 aliphatic heterocycles. The SMILES string of the molecule is CC(C)OC(=O)C(C(=O)OC(C)C)C(CC(=O)c1ccccc1)c1ccccc1. The van der Waals surface area contributed by atoms with E-state index in [9.17, 15) is 14.4 Å². The van der Waals surface area contributed by atoms with Gasteiger partial charge in [-0.3, -0.25) is 14.4 Å². The van der Waals surface area contributed by atoms with Crippen LogP contribution < -0.4 is 0 Å². The first-order chi connectivity index (χ1) is 13.8. The van der Waals surface area contributed by atoms with Crippen LogP contribution >= 0.6 is 0 Å². The smallest absolute Gasteiger partial charge is 0.321 e. The highest BCUT2D eigenvalue weighted by molar-refractivity contribution is 6.00. The summed E-state index contributed by atoms with van der Waals surface area (Å²) < 4.78 is 10.7. The number of carbonyl (C=O) groups is 3. The predicted molar refractivity (Wildman–Crippen MR) is 111 cm³/mol. The van der Waals surface area contributed by atoms with Crippen molar-refractivity contribution in [1.82, 2.24) is 0 Å². The average molecular weight is 396 g/mol. The van der Waals surface area contributed by atoms with Crippen LogP contribution in [0.4, 0.5) is 0 Å². The van der Waals surface area contributed by atoms with Gasteiger partial charge in [-0.05, 0) is 33.3 Å². The fourth-order valence-electron chi connectivity index (χ4n) is 3.11. The molecule has 1 atom stereocenters. The van der Waals surface area contributed by atoms with E-state index >= 15 is 0 Å². The second-order valence-electron chi connectivity index (χ2n) is 7.46. The lowest BCUT2D eigenvalue weighted by atomic mass is 9.81. The van der Waals surface area contributed by atoms with Gasteiger partial charge in [0.15, 0.2) is 11.7 Å². The number of benzene rings is 2. The number of Topliss-reactive ketones (excluding diaryl/α,β-unsaturated/α-hetero) is 1. The zero-order chi connectivity index (χ0) is 21.4. The molecule has 0 radical (unpaired) electrons. The first kappa shape index (κ1) is 22.3. The van der Waals surface area contributed by atoms with Crippen LogP contribution in [0.5, 0.6) is 0 Å². The molecule has 2 rings (SSSR count). The van der Waals surface area contributed by atoms with E-state index in [2.05, 4.69) is 0 Å². The minimum atomic E-state index is -1.23. The highest BCUT2D eigenvalue weighted by Gasteiger charge is 2.40. The molecule has 0 spiro atoms. The van der Waals surface area contributed by atoms with Crippen molar-refractivity contribution in [3.8, 4) is 0 Å². The van der Waals surface area contributed by atoms with Crippen LogP contribution in [0.15, 0.2) is 60.7 Å². The number of rotatable bonds is 9. The molecule has 0 aliphatic rings. The normalized spacial score (nSPS) is 12.1. The summed E-state index contributed by atoms with van der Waals surface area (Å²) >= 11 is 0. The maximum Gasteiger partial charge on any atom is 0.321 e. The van der Waals surface area contributed by atoms with Crippen molar-refractivity contribution in [2.45, 2.75) is 52.2 Å². The highest BCUT2D eigenvalue weighted by Crippen LogP contribution is 2.32. The Kier molecular flexibility index (Phi) is 8.13. The number of ether oxygens (including phenoxy) is 2. The Labute approximate surface area is 172 Å². The Bertz CT molecular complexity index is 790. The maximum atomic E-state index is 12.9. The Morgan fingerprint density at radius 1 is 0.724 bits per heavy atom. The van der Waals surface area contributed by atoms with Gasteiger partial charge in [0.05, 0.1) is 12.2 Å². The molecule has 0 saturated carbocycles. The monoisotopic (exact) mass is 396 g/mol. The summed E-state index contributed by atoms with van der Waals surface area (Å²) in [5, 5.41) is 0. The van der Waals surface area contributed by atoms with Gasteiger partial charge in [-0.1, -0.05) is 60.7 Å². The Morgan fingerprint density at radius 3 is 1.62 bits per heavy atom. The fraction of sp³-hybridized carbons (Fsp3) is 0.375. The average Bonchev–Trinajstić information content (AvgIpc) is 2.67. The van der Waals surface area contributed by atoms with Crippen molar-refractivity contribution in [2.75, 3.05) is 0 Å². The first-order valence-electron chi connectivity index (χ1n) is 9.83. The molecule has 0 amide bonds. The third-order valence-electron chi connectivity index (χ3n) is 4.34. The predicted octanol–water partition coefficient (Wildman–Crippen LogP) is 4.56. The van der Waals surface area contributed by atoms with Gasteiger partial charge in [-0.2, -0.15) is 0 Å². The minimum Gasteiger partial charge on any atom is -0.462 e. The van der Waals surface area contributed by atoms with Crippen LogP contribution in [-0.4, -0.2) is 29.9 Å². The van der Waals surface area contributed by atoms with E-state index in [-0.39, 0.29) is 12.2 Å². The number of hydrogen-bond donors (Lipinski definition) is 0. The third kappa shape index (κ3) is 6.56. The lowest BCUT2D eigenvalue weighted by Gasteiger charge is -2.26. The molecular weight excluding hydrogens is 368 g/mol. The summed E-state index contributed by atoms with van der Waals surface area (Å²) in [6, 6.07) is 17.9. The number of hydrogen-bond acceptors (Lipinski definition) is 5. The summed E-state index contributed by atoms with van der Waals surface area (Å²) in [5.74, 6) is -3.43. The molecule has 0 aromatic heterocycles. The van der Waals surface area contributed by atoms with Crippen molar-refractivity contribution in [3.05, 3.63) is 71.8 Å². The number of esters is 2. The zero-order valence-electron chi connectivity index (χ0n) is 17.3. The molecule has 1 unspecified atom stereocenters. The Balaban J connectivity index is 2.44. The van der Waals surface area contributed by atoms with Crippen LogP contribution in [0.2, 0.25) is 0 Å². The fourth-order valence-corrected chi connectivity index (χ4v) is 3.11. The summed E-state index contributed by atoms with van der Waals surface area (Å²) in [4.78, 5) is 38.7. The molecule has 0 aliphatic carbocycles. The van der Waals surface area contributed by atoms with Gasteiger partial charge in [0.2, 0.25) is 0 Å². The van der Waals surface area contributed by atoms with Gasteiger partial charge in [-0.15, -0.1) is 0 Å². The molecule has 5 nitrogen and oxygen atoms in total. The molecule has 29 heavy (non-hydrogen) atoms. The van der Waals surface area contributed by atoms with Gasteiger partial charge >= 0.3 is 11.9 Å². The summed E-state index contributed by atoms with van der Waals surface area (Å²) in [7, 11) is 0. The van der Waals surface area contributed by atoms with Crippen molar-refractivity contribution in [1.29, 1.82) is 0 Å². The second-order valence-corrected chi connectivity index (χ2v) is 7.46. The molecule has 0 bridgehead atoms. The first-order valence-corrected chi connectivity index (χ1v) is 9.83. The van der Waals surface area contributed by atoms with E-state index in [0.717, 1.165) is 0 Å². The van der Waals surface area contributed by atoms with Crippen molar-refractivity contribution in [3.63, 3.8) is 0 Å². The van der Waals surface area contributed by atoms with Gasteiger partial charge in [0.1, 0.15) is 0 Å². The van der Waals surface area contributed by atoms with Gasteiger partial charge < -0.3 is 9.47 Å². The van der Waals surface area contributed by atoms with E-state index in [1.165, 1.54) is 0 Å². The third-order valence-corrected chi connectivity index (χ3v) is 4.34. The standard InChI is InChI=1S/C24H28O5/c1-16(2)28-23(26)22(24(27)29-17(3)4)20(18-11-7-5-8-12-18)15-21(25)19-13-9-6-10-14-19/h5-14,16-17,20,22H,15H2,1-4H3. The lowest BCUT2D eigenvalue weighted by Crippen LogP contribution is -2.36. The molecule has 0 saturated heterocycles. The quantitative estimate of drug-likeness (QED) is 0.353. The summed E-state index contributed by atoms with van der Waals surface area (Å²) in [6.45, 7) is 6.87. The van der Waals surface area contributed by atoms with Crippen LogP contribution in [-0.2, 0) is 19.1 Å². The molecule has 2 aromatic carbocycles. The van der Waals surface area contributed by atoms with Gasteiger partial charge in [-0.25, -0.2) is 0 Å². The number of carbonyl (C=O) groups excluding carboxylic acids is 3. The minimum absolute atomic E-state index is 0.0148. The summed E-state index contributed by atoms with van der Waals surface area (Å²) in [6.07, 6.45) is -0.796. The van der Waals surface area contributed by atoms with Crippen molar-refractivity contribution >= 4 is 17.7 Å². The van der Waals surface area contributed by atoms with Gasteiger partial charge in [0.25, 0.3) is 0 Å².